The largest absolute Gasteiger partial charge is 0.454 e. The van der Waals surface area contributed by atoms with E-state index in [1.54, 1.807) is 0 Å². The van der Waals surface area contributed by atoms with E-state index in [0.29, 0.717) is 13.3 Å². The maximum absolute atomic E-state index is 11.8. The zero-order valence-corrected chi connectivity index (χ0v) is 20.6. The molecule has 0 saturated carbocycles. The number of guanidine groups is 1. The van der Waals surface area contributed by atoms with E-state index in [1.165, 1.54) is 5.56 Å². The third-order valence-electron chi connectivity index (χ3n) is 4.65. The minimum atomic E-state index is -0.0410. The lowest BCUT2D eigenvalue weighted by Gasteiger charge is -2.12. The number of carbonyl (C=O) groups excluding carboxylic acids is 1. The smallest absolute Gasteiger partial charge is 0.231 e. The summed E-state index contributed by atoms with van der Waals surface area (Å²) in [4.78, 5) is 16.4. The molecule has 3 rings (SSSR count). The molecule has 3 N–H and O–H groups in total. The van der Waals surface area contributed by atoms with Crippen LogP contribution >= 0.6 is 24.0 Å². The van der Waals surface area contributed by atoms with Gasteiger partial charge in [0.05, 0.1) is 6.54 Å². The van der Waals surface area contributed by atoms with Crippen LogP contribution in [-0.2, 0) is 17.8 Å². The first kappa shape index (κ1) is 24.8. The lowest BCUT2D eigenvalue weighted by atomic mass is 10.1. The Bertz CT molecular complexity index is 885. The molecule has 1 aliphatic heterocycles. The Morgan fingerprint density at radius 3 is 2.45 bits per heavy atom. The summed E-state index contributed by atoms with van der Waals surface area (Å²) < 4.78 is 10.8. The summed E-state index contributed by atoms with van der Waals surface area (Å²) in [6.45, 7) is 8.18. The van der Waals surface area contributed by atoms with Crippen LogP contribution in [0.4, 0.5) is 5.69 Å². The van der Waals surface area contributed by atoms with Crippen molar-refractivity contribution >= 4 is 41.5 Å². The van der Waals surface area contributed by atoms with Crippen molar-refractivity contribution in [1.82, 2.24) is 10.6 Å². The number of rotatable bonds is 8. The normalized spacial score (nSPS) is 12.3. The predicted octanol–water partition coefficient (Wildman–Crippen LogP) is 3.93. The van der Waals surface area contributed by atoms with Gasteiger partial charge in [0.2, 0.25) is 12.7 Å². The first-order valence-electron chi connectivity index (χ1n) is 10.4. The van der Waals surface area contributed by atoms with Gasteiger partial charge in [-0.25, -0.2) is 4.99 Å². The van der Waals surface area contributed by atoms with Crippen LogP contribution in [0.3, 0.4) is 0 Å². The second-order valence-electron chi connectivity index (χ2n) is 7.40. The van der Waals surface area contributed by atoms with E-state index in [-0.39, 0.29) is 35.8 Å². The number of amides is 1. The van der Waals surface area contributed by atoms with Crippen LogP contribution in [-0.4, -0.2) is 31.7 Å². The molecule has 8 heteroatoms. The van der Waals surface area contributed by atoms with Gasteiger partial charge in [-0.05, 0) is 48.7 Å². The monoisotopic (exact) mass is 538 g/mol. The number of ether oxygens (including phenoxy) is 2. The van der Waals surface area contributed by atoms with E-state index in [1.807, 2.05) is 57.2 Å². The summed E-state index contributed by atoms with van der Waals surface area (Å²) in [5.74, 6) is 2.36. The van der Waals surface area contributed by atoms with Crippen molar-refractivity contribution in [2.45, 2.75) is 33.7 Å². The summed E-state index contributed by atoms with van der Waals surface area (Å²) >= 11 is 0. The molecule has 0 bridgehead atoms. The molecule has 0 unspecified atom stereocenters. The molecule has 2 aromatic rings. The SMILES string of the molecule is CCNC(=NCc1ccc(NC(=O)C(C)C)cc1)NCCc1ccc2c(c1)OCO2.I. The number of aliphatic imine (C=N–C) groups is 1. The van der Waals surface area contributed by atoms with Gasteiger partial charge < -0.3 is 25.4 Å². The Morgan fingerprint density at radius 1 is 1.03 bits per heavy atom. The van der Waals surface area contributed by atoms with Crippen LogP contribution in [0.5, 0.6) is 11.5 Å². The molecule has 2 aromatic carbocycles. The molecule has 31 heavy (non-hydrogen) atoms. The fraction of sp³-hybridized carbons (Fsp3) is 0.391. The summed E-state index contributed by atoms with van der Waals surface area (Å²) in [5, 5.41) is 9.53. The Hall–Kier alpha value is -2.49. The van der Waals surface area contributed by atoms with E-state index in [0.717, 1.165) is 48.2 Å². The molecule has 0 aliphatic carbocycles. The highest BCUT2D eigenvalue weighted by atomic mass is 127. The lowest BCUT2D eigenvalue weighted by molar-refractivity contribution is -0.118. The highest BCUT2D eigenvalue weighted by Crippen LogP contribution is 2.32. The second-order valence-corrected chi connectivity index (χ2v) is 7.40. The first-order chi connectivity index (χ1) is 14.5. The molecule has 1 amide bonds. The standard InChI is InChI=1S/C23H30N4O3.HI/c1-4-24-23(25-12-11-17-7-10-20-21(13-17)30-15-29-20)26-14-18-5-8-19(9-6-18)27-22(28)16(2)3;/h5-10,13,16H,4,11-12,14-15H2,1-3H3,(H,27,28)(H2,24,25,26);1H. The number of nitrogens with zero attached hydrogens (tertiary/aromatic N) is 1. The van der Waals surface area contributed by atoms with Gasteiger partial charge in [0.15, 0.2) is 17.5 Å². The average Bonchev–Trinajstić information content (AvgIpc) is 3.21. The van der Waals surface area contributed by atoms with E-state index >= 15 is 0 Å². The van der Waals surface area contributed by atoms with Gasteiger partial charge in [-0.3, -0.25) is 4.79 Å². The second kappa shape index (κ2) is 12.4. The van der Waals surface area contributed by atoms with E-state index in [4.69, 9.17) is 9.47 Å². The van der Waals surface area contributed by atoms with Crippen molar-refractivity contribution < 1.29 is 14.3 Å². The molecule has 0 saturated heterocycles. The number of benzene rings is 2. The number of hydrogen-bond acceptors (Lipinski definition) is 4. The van der Waals surface area contributed by atoms with Crippen molar-refractivity contribution in [3.05, 3.63) is 53.6 Å². The van der Waals surface area contributed by atoms with Gasteiger partial charge in [-0.2, -0.15) is 0 Å². The van der Waals surface area contributed by atoms with Crippen molar-refractivity contribution in [3.63, 3.8) is 0 Å². The molecule has 1 aliphatic rings. The Labute approximate surface area is 201 Å². The summed E-state index contributed by atoms with van der Waals surface area (Å²) in [6.07, 6.45) is 0.852. The van der Waals surface area contributed by atoms with Gasteiger partial charge in [-0.15, -0.1) is 24.0 Å². The predicted molar refractivity (Wildman–Crippen MR) is 134 cm³/mol. The molecule has 1 heterocycles. The van der Waals surface area contributed by atoms with Gasteiger partial charge >= 0.3 is 0 Å². The van der Waals surface area contributed by atoms with Crippen molar-refractivity contribution in [1.29, 1.82) is 0 Å². The molecule has 7 nitrogen and oxygen atoms in total. The molecule has 0 aromatic heterocycles. The summed E-state index contributed by atoms with van der Waals surface area (Å²) in [5.41, 5.74) is 3.06. The zero-order chi connectivity index (χ0) is 21.3. The van der Waals surface area contributed by atoms with Crippen molar-refractivity contribution in [2.24, 2.45) is 10.9 Å². The molecular weight excluding hydrogens is 507 g/mol. The first-order valence-corrected chi connectivity index (χ1v) is 10.4. The maximum Gasteiger partial charge on any atom is 0.231 e. The third-order valence-corrected chi connectivity index (χ3v) is 4.65. The van der Waals surface area contributed by atoms with E-state index < -0.39 is 0 Å². The average molecular weight is 538 g/mol. The Kier molecular flexibility index (Phi) is 9.90. The minimum Gasteiger partial charge on any atom is -0.454 e. The highest BCUT2D eigenvalue weighted by Gasteiger charge is 2.13. The lowest BCUT2D eigenvalue weighted by Crippen LogP contribution is -2.38. The van der Waals surface area contributed by atoms with Crippen molar-refractivity contribution in [3.8, 4) is 11.5 Å². The molecule has 0 atom stereocenters. The zero-order valence-electron chi connectivity index (χ0n) is 18.2. The molecule has 168 valence electrons. The van der Waals surface area contributed by atoms with Gasteiger partial charge in [-0.1, -0.05) is 32.0 Å². The number of fused-ring (bicyclic) bond motifs is 1. The Balaban J connectivity index is 0.00000341. The van der Waals surface area contributed by atoms with Gasteiger partial charge in [0.1, 0.15) is 0 Å². The van der Waals surface area contributed by atoms with Crippen LogP contribution < -0.4 is 25.4 Å². The third kappa shape index (κ3) is 7.61. The fourth-order valence-electron chi connectivity index (χ4n) is 2.91. The fourth-order valence-corrected chi connectivity index (χ4v) is 2.91. The number of carbonyl (C=O) groups is 1. The van der Waals surface area contributed by atoms with Crippen LogP contribution in [0.2, 0.25) is 0 Å². The molecule has 0 fully saturated rings. The van der Waals surface area contributed by atoms with E-state index in [2.05, 4.69) is 27.0 Å². The van der Waals surface area contributed by atoms with Gasteiger partial charge in [0.25, 0.3) is 0 Å². The molecular formula is C23H31IN4O3. The number of nitrogens with one attached hydrogen (secondary N) is 3. The topological polar surface area (TPSA) is 84.0 Å². The quantitative estimate of drug-likeness (QED) is 0.270. The van der Waals surface area contributed by atoms with Gasteiger partial charge in [0, 0.05) is 24.7 Å². The maximum atomic E-state index is 11.8. The molecule has 0 spiro atoms. The van der Waals surface area contributed by atoms with Crippen LogP contribution in [0.25, 0.3) is 0 Å². The van der Waals surface area contributed by atoms with Crippen LogP contribution in [0.1, 0.15) is 31.9 Å². The Morgan fingerprint density at radius 2 is 1.74 bits per heavy atom. The van der Waals surface area contributed by atoms with E-state index in [9.17, 15) is 4.79 Å². The number of halogens is 1. The van der Waals surface area contributed by atoms with Crippen LogP contribution in [0, 0.1) is 5.92 Å². The number of hydrogen-bond donors (Lipinski definition) is 3. The number of anilines is 1. The summed E-state index contributed by atoms with van der Waals surface area (Å²) in [7, 11) is 0. The van der Waals surface area contributed by atoms with Crippen molar-refractivity contribution in [2.75, 3.05) is 25.2 Å². The highest BCUT2D eigenvalue weighted by molar-refractivity contribution is 14.0. The minimum absolute atomic E-state index is 0. The molecule has 0 radical (unpaired) electrons. The summed E-state index contributed by atoms with van der Waals surface area (Å²) in [6, 6.07) is 13.8. The van der Waals surface area contributed by atoms with Crippen LogP contribution in [0.15, 0.2) is 47.5 Å².